The summed E-state index contributed by atoms with van der Waals surface area (Å²) >= 11 is 0. The van der Waals surface area contributed by atoms with Gasteiger partial charge in [0, 0.05) is 44.0 Å². The fourth-order valence-electron chi connectivity index (χ4n) is 3.53. The molecule has 25 heavy (non-hydrogen) atoms. The molecule has 1 N–H and O–H groups in total. The molecule has 2 aliphatic heterocycles. The van der Waals surface area contributed by atoms with Gasteiger partial charge in [0.25, 0.3) is 0 Å². The number of methoxy groups -OCH3 is 1. The maximum atomic E-state index is 5.93. The normalized spacial score (nSPS) is 19.2. The highest BCUT2D eigenvalue weighted by Crippen LogP contribution is 2.31. The molecule has 0 aliphatic carbocycles. The Hall–Kier alpha value is -2.50. The van der Waals surface area contributed by atoms with Crippen LogP contribution >= 0.6 is 0 Å². The lowest BCUT2D eigenvalue weighted by molar-refractivity contribution is 0.228. The van der Waals surface area contributed by atoms with Gasteiger partial charge >= 0.3 is 0 Å². The molecule has 1 saturated heterocycles. The van der Waals surface area contributed by atoms with Crippen LogP contribution in [0.5, 0.6) is 11.5 Å². The van der Waals surface area contributed by atoms with E-state index in [0.29, 0.717) is 12.5 Å². The molecule has 6 nitrogen and oxygen atoms in total. The maximum Gasteiger partial charge on any atom is 0.171 e. The number of hydrogen-bond acceptors (Lipinski definition) is 6. The lowest BCUT2D eigenvalue weighted by atomic mass is 9.96. The minimum Gasteiger partial charge on any atom is -0.497 e. The monoisotopic (exact) mass is 340 g/mol. The second-order valence-corrected chi connectivity index (χ2v) is 6.66. The van der Waals surface area contributed by atoms with Gasteiger partial charge in [0.05, 0.1) is 13.7 Å². The van der Waals surface area contributed by atoms with Gasteiger partial charge in [-0.1, -0.05) is 6.07 Å². The molecule has 1 aromatic carbocycles. The van der Waals surface area contributed by atoms with E-state index in [0.717, 1.165) is 49.2 Å². The Kier molecular flexibility index (Phi) is 4.59. The largest absolute Gasteiger partial charge is 0.497 e. The number of rotatable bonds is 5. The van der Waals surface area contributed by atoms with Gasteiger partial charge in [-0.15, -0.1) is 0 Å². The molecule has 0 spiro atoms. The van der Waals surface area contributed by atoms with Crippen LogP contribution in [-0.4, -0.2) is 43.3 Å². The smallest absolute Gasteiger partial charge is 0.171 e. The minimum atomic E-state index is 0.411. The molecule has 1 atom stereocenters. The average molecular weight is 340 g/mol. The molecular formula is C19H24N4O2. The second kappa shape index (κ2) is 7.17. The van der Waals surface area contributed by atoms with Crippen molar-refractivity contribution >= 4 is 11.6 Å². The lowest BCUT2D eigenvalue weighted by Gasteiger charge is -2.26. The molecule has 0 saturated carbocycles. The van der Waals surface area contributed by atoms with Crippen molar-refractivity contribution in [3.63, 3.8) is 0 Å². The zero-order valence-corrected chi connectivity index (χ0v) is 14.6. The molecule has 2 aliphatic rings. The summed E-state index contributed by atoms with van der Waals surface area (Å²) in [5.41, 5.74) is 1.23. The molecular weight excluding hydrogens is 316 g/mol. The topological polar surface area (TPSA) is 59.5 Å². The maximum absolute atomic E-state index is 5.93. The van der Waals surface area contributed by atoms with Gasteiger partial charge in [0.1, 0.15) is 11.5 Å². The lowest BCUT2D eigenvalue weighted by Crippen LogP contribution is -2.28. The van der Waals surface area contributed by atoms with E-state index in [-0.39, 0.29) is 0 Å². The molecule has 132 valence electrons. The van der Waals surface area contributed by atoms with Gasteiger partial charge < -0.3 is 19.7 Å². The number of nitrogens with zero attached hydrogens (tertiary/aromatic N) is 3. The van der Waals surface area contributed by atoms with Crippen LogP contribution in [0.25, 0.3) is 0 Å². The summed E-state index contributed by atoms with van der Waals surface area (Å²) < 4.78 is 11.2. The van der Waals surface area contributed by atoms with Crippen LogP contribution in [0.3, 0.4) is 0 Å². The van der Waals surface area contributed by atoms with Crippen LogP contribution < -0.4 is 19.7 Å². The first-order valence-electron chi connectivity index (χ1n) is 8.93. The van der Waals surface area contributed by atoms with Crippen molar-refractivity contribution < 1.29 is 9.47 Å². The third kappa shape index (κ3) is 3.48. The summed E-state index contributed by atoms with van der Waals surface area (Å²) in [6.45, 7) is 3.65. The zero-order valence-electron chi connectivity index (χ0n) is 14.6. The number of nitrogens with one attached hydrogen (secondary N) is 1. The van der Waals surface area contributed by atoms with Crippen molar-refractivity contribution in [1.29, 1.82) is 0 Å². The number of anilines is 2. The number of fused-ring (bicyclic) bond motifs is 1. The quantitative estimate of drug-likeness (QED) is 0.903. The van der Waals surface area contributed by atoms with Gasteiger partial charge in [0.2, 0.25) is 0 Å². The fraction of sp³-hybridized carbons (Fsp3) is 0.474. The molecule has 6 heteroatoms. The molecule has 2 aromatic rings. The second-order valence-electron chi connectivity index (χ2n) is 6.66. The molecule has 1 fully saturated rings. The van der Waals surface area contributed by atoms with Crippen molar-refractivity contribution in [1.82, 2.24) is 9.97 Å². The highest BCUT2D eigenvalue weighted by atomic mass is 16.5. The van der Waals surface area contributed by atoms with Gasteiger partial charge in [-0.2, -0.15) is 0 Å². The Morgan fingerprint density at radius 3 is 2.92 bits per heavy atom. The van der Waals surface area contributed by atoms with E-state index >= 15 is 0 Å². The van der Waals surface area contributed by atoms with Gasteiger partial charge in [-0.05, 0) is 30.9 Å². The summed E-state index contributed by atoms with van der Waals surface area (Å²) in [6.07, 6.45) is 6.97. The standard InChI is InChI=1S/C19H24N4O2/c1-24-16-5-4-15-10-14(13-25-17(15)11-16)12-22-18-19(21-7-6-20-18)23-8-2-3-9-23/h4-7,11,14H,2-3,8-10,12-13H2,1H3,(H,20,22)/t14-/m1/s1. The predicted molar refractivity (Wildman–Crippen MR) is 97.7 cm³/mol. The third-order valence-corrected chi connectivity index (χ3v) is 4.90. The molecule has 1 aromatic heterocycles. The summed E-state index contributed by atoms with van der Waals surface area (Å²) in [5.74, 6) is 4.04. The Morgan fingerprint density at radius 2 is 2.08 bits per heavy atom. The van der Waals surface area contributed by atoms with E-state index in [4.69, 9.17) is 9.47 Å². The van der Waals surface area contributed by atoms with Crippen molar-refractivity contribution in [3.05, 3.63) is 36.2 Å². The SMILES string of the molecule is COc1ccc2c(c1)OC[C@@H](CNc1nccnc1N1CCCC1)C2. The van der Waals surface area contributed by atoms with Crippen molar-refractivity contribution in [2.24, 2.45) is 5.92 Å². The fourth-order valence-corrected chi connectivity index (χ4v) is 3.53. The number of aromatic nitrogens is 2. The number of hydrogen-bond donors (Lipinski definition) is 1. The molecule has 4 rings (SSSR count). The highest BCUT2D eigenvalue weighted by molar-refractivity contribution is 5.61. The number of ether oxygens (including phenoxy) is 2. The van der Waals surface area contributed by atoms with E-state index < -0.39 is 0 Å². The van der Waals surface area contributed by atoms with Crippen LogP contribution in [0.15, 0.2) is 30.6 Å². The van der Waals surface area contributed by atoms with Crippen molar-refractivity contribution in [3.8, 4) is 11.5 Å². The first-order valence-corrected chi connectivity index (χ1v) is 8.93. The van der Waals surface area contributed by atoms with Gasteiger partial charge in [-0.25, -0.2) is 9.97 Å². The molecule has 3 heterocycles. The summed E-state index contributed by atoms with van der Waals surface area (Å²) in [7, 11) is 1.68. The Balaban J connectivity index is 1.41. The summed E-state index contributed by atoms with van der Waals surface area (Å²) in [6, 6.07) is 6.05. The first kappa shape index (κ1) is 16.0. The molecule has 0 amide bonds. The first-order chi connectivity index (χ1) is 12.3. The van der Waals surface area contributed by atoms with Crippen LogP contribution in [0.2, 0.25) is 0 Å². The zero-order chi connectivity index (χ0) is 17.1. The van der Waals surface area contributed by atoms with Crippen LogP contribution in [0.1, 0.15) is 18.4 Å². The van der Waals surface area contributed by atoms with Crippen LogP contribution in [-0.2, 0) is 6.42 Å². The average Bonchev–Trinajstić information content (AvgIpc) is 3.20. The van der Waals surface area contributed by atoms with E-state index in [1.54, 1.807) is 19.5 Å². The number of benzene rings is 1. The van der Waals surface area contributed by atoms with Crippen LogP contribution in [0, 0.1) is 5.92 Å². The van der Waals surface area contributed by atoms with E-state index in [2.05, 4.69) is 26.3 Å². The van der Waals surface area contributed by atoms with Gasteiger partial charge in [-0.3, -0.25) is 0 Å². The van der Waals surface area contributed by atoms with Crippen molar-refractivity contribution in [2.45, 2.75) is 19.3 Å². The summed E-state index contributed by atoms with van der Waals surface area (Å²) in [5, 5.41) is 3.49. The van der Waals surface area contributed by atoms with E-state index in [9.17, 15) is 0 Å². The Bertz CT molecular complexity index is 731. The molecule has 0 bridgehead atoms. The molecule has 0 unspecified atom stereocenters. The third-order valence-electron chi connectivity index (χ3n) is 4.90. The highest BCUT2D eigenvalue weighted by Gasteiger charge is 2.22. The Morgan fingerprint density at radius 1 is 1.24 bits per heavy atom. The van der Waals surface area contributed by atoms with Gasteiger partial charge in [0.15, 0.2) is 11.6 Å². The minimum absolute atomic E-state index is 0.411. The van der Waals surface area contributed by atoms with E-state index in [1.807, 2.05) is 12.1 Å². The summed E-state index contributed by atoms with van der Waals surface area (Å²) in [4.78, 5) is 11.4. The van der Waals surface area contributed by atoms with E-state index in [1.165, 1.54) is 18.4 Å². The molecule has 0 radical (unpaired) electrons. The van der Waals surface area contributed by atoms with Crippen molar-refractivity contribution in [2.75, 3.05) is 43.6 Å². The van der Waals surface area contributed by atoms with Crippen LogP contribution in [0.4, 0.5) is 11.6 Å². The Labute approximate surface area is 148 Å². The predicted octanol–water partition coefficient (Wildman–Crippen LogP) is 2.75.